The Labute approximate surface area is 422 Å². The monoisotopic (exact) mass is 953 g/mol. The molecule has 0 saturated carbocycles. The minimum atomic E-state index is -0.772. The predicted molar refractivity (Wildman–Crippen MR) is 293 cm³/mol. The van der Waals surface area contributed by atoms with E-state index in [-0.39, 0.29) is 31.1 Å². The average Bonchev–Trinajstić information content (AvgIpc) is 3.34. The lowest BCUT2D eigenvalue weighted by Gasteiger charge is -2.18. The molecule has 0 aromatic rings. The number of ether oxygens (including phenoxy) is 3. The third-order valence-corrected chi connectivity index (χ3v) is 13.1. The fourth-order valence-corrected chi connectivity index (χ4v) is 8.56. The van der Waals surface area contributed by atoms with Gasteiger partial charge in [-0.3, -0.25) is 14.4 Å². The molecule has 0 aliphatic carbocycles. The van der Waals surface area contributed by atoms with Crippen LogP contribution in [0.25, 0.3) is 0 Å². The first kappa shape index (κ1) is 65.4. The minimum absolute atomic E-state index is 0.0740. The molecule has 6 heteroatoms. The highest BCUT2D eigenvalue weighted by Gasteiger charge is 2.19. The molecule has 1 unspecified atom stereocenters. The highest BCUT2D eigenvalue weighted by Crippen LogP contribution is 2.16. The van der Waals surface area contributed by atoms with Crippen LogP contribution >= 0.6 is 0 Å². The summed E-state index contributed by atoms with van der Waals surface area (Å²) in [6.45, 7) is 6.57. The number of unbranched alkanes of at least 4 members (excludes halogenated alkanes) is 35. The second kappa shape index (κ2) is 57.0. The zero-order valence-electron chi connectivity index (χ0n) is 45.4. The van der Waals surface area contributed by atoms with E-state index in [1.54, 1.807) is 0 Å². The van der Waals surface area contributed by atoms with Crippen LogP contribution in [0.3, 0.4) is 0 Å². The molecule has 6 nitrogen and oxygen atoms in total. The Hall–Kier alpha value is -2.63. The maximum atomic E-state index is 12.8. The van der Waals surface area contributed by atoms with Crippen LogP contribution in [-0.2, 0) is 28.6 Å². The van der Waals surface area contributed by atoms with E-state index < -0.39 is 6.10 Å². The van der Waals surface area contributed by atoms with E-state index in [4.69, 9.17) is 14.2 Å². The molecule has 0 radical (unpaired) electrons. The Morgan fingerprint density at radius 2 is 0.529 bits per heavy atom. The molecule has 1 atom stereocenters. The van der Waals surface area contributed by atoms with Crippen molar-refractivity contribution in [3.8, 4) is 0 Å². The van der Waals surface area contributed by atoms with Crippen LogP contribution in [0, 0.1) is 0 Å². The van der Waals surface area contributed by atoms with Gasteiger partial charge in [0, 0.05) is 19.3 Å². The zero-order chi connectivity index (χ0) is 49.3. The Balaban J connectivity index is 4.06. The van der Waals surface area contributed by atoms with Gasteiger partial charge in [-0.1, -0.05) is 256 Å². The molecule has 0 rings (SSSR count). The number of esters is 3. The first-order valence-corrected chi connectivity index (χ1v) is 29.6. The summed E-state index contributed by atoms with van der Waals surface area (Å²) in [6, 6.07) is 0. The van der Waals surface area contributed by atoms with Gasteiger partial charge in [0.2, 0.25) is 0 Å². The number of rotatable bonds is 54. The van der Waals surface area contributed by atoms with Crippen molar-refractivity contribution in [2.45, 2.75) is 316 Å². The highest BCUT2D eigenvalue weighted by atomic mass is 16.6. The number of hydrogen-bond donors (Lipinski definition) is 0. The molecule has 0 amide bonds. The van der Waals surface area contributed by atoms with Crippen LogP contribution in [0.1, 0.15) is 310 Å². The first-order chi connectivity index (χ1) is 33.5. The number of allylic oxidation sites excluding steroid dienone is 8. The number of carbonyl (C=O) groups is 3. The van der Waals surface area contributed by atoms with Crippen molar-refractivity contribution in [3.63, 3.8) is 0 Å². The number of carbonyl (C=O) groups excluding carboxylic acids is 3. The van der Waals surface area contributed by atoms with Crippen molar-refractivity contribution in [1.29, 1.82) is 0 Å². The van der Waals surface area contributed by atoms with Gasteiger partial charge in [0.05, 0.1) is 0 Å². The minimum Gasteiger partial charge on any atom is -0.462 e. The summed E-state index contributed by atoms with van der Waals surface area (Å²) >= 11 is 0. The smallest absolute Gasteiger partial charge is 0.306 e. The highest BCUT2D eigenvalue weighted by molar-refractivity contribution is 5.71. The second-order valence-corrected chi connectivity index (χ2v) is 19.9. The van der Waals surface area contributed by atoms with Crippen molar-refractivity contribution in [1.82, 2.24) is 0 Å². The van der Waals surface area contributed by atoms with Gasteiger partial charge < -0.3 is 14.2 Å². The van der Waals surface area contributed by atoms with Gasteiger partial charge in [0.1, 0.15) is 13.2 Å². The predicted octanol–water partition coefficient (Wildman–Crippen LogP) is 19.8. The molecule has 0 bridgehead atoms. The largest absolute Gasteiger partial charge is 0.462 e. The second-order valence-electron chi connectivity index (χ2n) is 19.9. The molecule has 0 aliphatic heterocycles. The maximum absolute atomic E-state index is 12.8. The lowest BCUT2D eigenvalue weighted by Crippen LogP contribution is -2.30. The SMILES string of the molecule is CCCCC/C=C\C/C=C\CCCCCCCCCC(=O)OC(COC(=O)CCCCCCCC)COC(=O)CCCCCCCCCCCCCCCCC/C=C\C/C=C\CCCCCCC. The van der Waals surface area contributed by atoms with Crippen LogP contribution in [0.15, 0.2) is 48.6 Å². The van der Waals surface area contributed by atoms with Crippen LogP contribution in [-0.4, -0.2) is 37.2 Å². The van der Waals surface area contributed by atoms with E-state index in [1.807, 2.05) is 0 Å². The van der Waals surface area contributed by atoms with Crippen molar-refractivity contribution < 1.29 is 28.6 Å². The van der Waals surface area contributed by atoms with Crippen molar-refractivity contribution in [2.24, 2.45) is 0 Å². The summed E-state index contributed by atoms with van der Waals surface area (Å²) in [5, 5.41) is 0. The quantitative estimate of drug-likeness (QED) is 0.0262. The van der Waals surface area contributed by atoms with E-state index in [0.717, 1.165) is 77.0 Å². The molecule has 0 heterocycles. The normalized spacial score (nSPS) is 12.3. The van der Waals surface area contributed by atoms with Gasteiger partial charge in [-0.25, -0.2) is 0 Å². The lowest BCUT2D eigenvalue weighted by atomic mass is 10.0. The van der Waals surface area contributed by atoms with Crippen molar-refractivity contribution in [3.05, 3.63) is 48.6 Å². The zero-order valence-corrected chi connectivity index (χ0v) is 45.4. The third-order valence-electron chi connectivity index (χ3n) is 13.1. The third kappa shape index (κ3) is 54.3. The first-order valence-electron chi connectivity index (χ1n) is 29.6. The van der Waals surface area contributed by atoms with E-state index in [9.17, 15) is 14.4 Å². The lowest BCUT2D eigenvalue weighted by molar-refractivity contribution is -0.167. The van der Waals surface area contributed by atoms with Crippen LogP contribution in [0.4, 0.5) is 0 Å². The Bertz CT molecular complexity index is 1190. The molecule has 0 aromatic carbocycles. The van der Waals surface area contributed by atoms with E-state index in [1.165, 1.54) is 193 Å². The Morgan fingerprint density at radius 1 is 0.294 bits per heavy atom. The summed E-state index contributed by atoms with van der Waals surface area (Å²) in [7, 11) is 0. The standard InChI is InChI=1S/C62H112O6/c1-4-7-10-13-16-18-20-22-24-26-27-28-29-30-31-32-33-34-35-37-38-40-42-44-46-49-52-55-61(64)67-58-59(57-66-60(63)54-51-48-15-12-9-6-3)68-62(65)56-53-50-47-45-43-41-39-36-25-23-21-19-17-14-11-8-5-2/h17,19-20,22-23,25-27,59H,4-16,18,21,24,28-58H2,1-3H3/b19-17-,22-20-,25-23-,27-26-. The van der Waals surface area contributed by atoms with Crippen molar-refractivity contribution in [2.75, 3.05) is 13.2 Å². The molecule has 0 aliphatic rings. The molecule has 0 fully saturated rings. The summed E-state index contributed by atoms with van der Waals surface area (Å²) in [4.78, 5) is 37.9. The van der Waals surface area contributed by atoms with Crippen LogP contribution < -0.4 is 0 Å². The van der Waals surface area contributed by atoms with E-state index in [2.05, 4.69) is 69.4 Å². The molecule has 0 N–H and O–H groups in total. The molecular formula is C62H112O6. The molecule has 396 valence electrons. The van der Waals surface area contributed by atoms with Gasteiger partial charge in [0.15, 0.2) is 6.10 Å². The van der Waals surface area contributed by atoms with Gasteiger partial charge >= 0.3 is 17.9 Å². The summed E-state index contributed by atoms with van der Waals surface area (Å²) < 4.78 is 16.8. The molecular weight excluding hydrogens is 841 g/mol. The van der Waals surface area contributed by atoms with Crippen molar-refractivity contribution >= 4 is 17.9 Å². The van der Waals surface area contributed by atoms with Gasteiger partial charge in [-0.05, 0) is 83.5 Å². The molecule has 0 aromatic heterocycles. The van der Waals surface area contributed by atoms with Crippen LogP contribution in [0.2, 0.25) is 0 Å². The summed E-state index contributed by atoms with van der Waals surface area (Å²) in [5.74, 6) is -0.879. The van der Waals surface area contributed by atoms with Crippen LogP contribution in [0.5, 0.6) is 0 Å². The number of hydrogen-bond acceptors (Lipinski definition) is 6. The fraction of sp³-hybridized carbons (Fsp3) is 0.823. The molecule has 0 spiro atoms. The summed E-state index contributed by atoms with van der Waals surface area (Å²) in [6.07, 6.45) is 70.0. The van der Waals surface area contributed by atoms with Gasteiger partial charge in [-0.15, -0.1) is 0 Å². The summed E-state index contributed by atoms with van der Waals surface area (Å²) in [5.41, 5.74) is 0. The van der Waals surface area contributed by atoms with Gasteiger partial charge in [-0.2, -0.15) is 0 Å². The average molecular weight is 954 g/mol. The maximum Gasteiger partial charge on any atom is 0.306 e. The Kier molecular flexibility index (Phi) is 54.8. The topological polar surface area (TPSA) is 78.9 Å². The molecule has 0 saturated heterocycles. The van der Waals surface area contributed by atoms with E-state index in [0.29, 0.717) is 19.3 Å². The fourth-order valence-electron chi connectivity index (χ4n) is 8.56. The van der Waals surface area contributed by atoms with Gasteiger partial charge in [0.25, 0.3) is 0 Å². The van der Waals surface area contributed by atoms with E-state index >= 15 is 0 Å². The Morgan fingerprint density at radius 3 is 0.838 bits per heavy atom. The molecule has 68 heavy (non-hydrogen) atoms.